The van der Waals surface area contributed by atoms with Gasteiger partial charge in [-0.15, -0.1) is 0 Å². The summed E-state index contributed by atoms with van der Waals surface area (Å²) in [5.41, 5.74) is 0. The van der Waals surface area contributed by atoms with Gasteiger partial charge < -0.3 is 9.84 Å². The van der Waals surface area contributed by atoms with Crippen LogP contribution in [-0.2, 0) is 42.0 Å². The van der Waals surface area contributed by atoms with Crippen LogP contribution in [0.3, 0.4) is 0 Å². The molecule has 0 rings (SSSR count). The molecular formula is C16H28HgO4. The fraction of sp³-hybridized carbons (Fsp3) is 0.750. The molecular weight excluding hydrogens is 457 g/mol. The second kappa shape index (κ2) is 17.7. The van der Waals surface area contributed by atoms with E-state index in [9.17, 15) is 9.59 Å². The molecule has 0 aliphatic carbocycles. The maximum Gasteiger partial charge on any atom is 0.311 e. The number of rotatable bonds is 13. The number of carboxylic acid groups (broad SMARTS) is 1. The topological polar surface area (TPSA) is 63.6 Å². The number of aliphatic carboxylic acids is 1. The van der Waals surface area contributed by atoms with Gasteiger partial charge in [-0.1, -0.05) is 51.9 Å². The van der Waals surface area contributed by atoms with Gasteiger partial charge in [-0.05, 0) is 18.9 Å². The molecule has 118 valence electrons. The van der Waals surface area contributed by atoms with Crippen molar-refractivity contribution in [2.24, 2.45) is 0 Å². The molecule has 0 heterocycles. The Morgan fingerprint density at radius 2 is 1.52 bits per heavy atom. The number of carboxylic acids is 1. The zero-order valence-electron chi connectivity index (χ0n) is 13.3. The molecule has 4 nitrogen and oxygen atoms in total. The Kier molecular flexibility index (Phi) is 19.3. The minimum Gasteiger partial charge on any atom is -0.481 e. The summed E-state index contributed by atoms with van der Waals surface area (Å²) in [7, 11) is 0. The van der Waals surface area contributed by atoms with Gasteiger partial charge in [0.2, 0.25) is 0 Å². The predicted molar refractivity (Wildman–Crippen MR) is 79.3 cm³/mol. The molecule has 0 fully saturated rings. The fourth-order valence-corrected chi connectivity index (χ4v) is 1.86. The van der Waals surface area contributed by atoms with Crippen molar-refractivity contribution in [1.82, 2.24) is 0 Å². The van der Waals surface area contributed by atoms with E-state index in [1.165, 1.54) is 51.2 Å². The third-order valence-corrected chi connectivity index (χ3v) is 3.06. The molecule has 0 bridgehead atoms. The van der Waals surface area contributed by atoms with Crippen molar-refractivity contribution in [3.63, 3.8) is 0 Å². The Labute approximate surface area is 148 Å². The van der Waals surface area contributed by atoms with Gasteiger partial charge in [-0.3, -0.25) is 9.59 Å². The van der Waals surface area contributed by atoms with Gasteiger partial charge in [0.05, 0.1) is 19.1 Å². The quantitative estimate of drug-likeness (QED) is 0.182. The second-order valence-electron chi connectivity index (χ2n) is 5.02. The van der Waals surface area contributed by atoms with Crippen molar-refractivity contribution in [3.8, 4) is 0 Å². The van der Waals surface area contributed by atoms with E-state index in [0.717, 1.165) is 12.8 Å². The van der Waals surface area contributed by atoms with E-state index >= 15 is 0 Å². The molecule has 0 unspecified atom stereocenters. The number of carbonyl (C=O) groups is 2. The van der Waals surface area contributed by atoms with Gasteiger partial charge in [-0.2, -0.15) is 0 Å². The van der Waals surface area contributed by atoms with Crippen molar-refractivity contribution in [2.75, 3.05) is 0 Å². The Morgan fingerprint density at radius 1 is 0.952 bits per heavy atom. The molecule has 5 heteroatoms. The van der Waals surface area contributed by atoms with E-state index < -0.39 is 11.9 Å². The van der Waals surface area contributed by atoms with Crippen molar-refractivity contribution < 1.29 is 47.1 Å². The van der Waals surface area contributed by atoms with Crippen molar-refractivity contribution >= 4 is 11.9 Å². The molecule has 0 aromatic carbocycles. The van der Waals surface area contributed by atoms with Crippen LogP contribution in [0, 0.1) is 0 Å². The monoisotopic (exact) mass is 486 g/mol. The molecule has 0 amide bonds. The van der Waals surface area contributed by atoms with Crippen LogP contribution < -0.4 is 0 Å². The fourth-order valence-electron chi connectivity index (χ4n) is 1.86. The summed E-state index contributed by atoms with van der Waals surface area (Å²) in [5.74, 6) is -1.47. The van der Waals surface area contributed by atoms with E-state index in [2.05, 4.69) is 6.92 Å². The smallest absolute Gasteiger partial charge is 0.311 e. The predicted octanol–water partition coefficient (Wildman–Crippen LogP) is 4.44. The molecule has 21 heavy (non-hydrogen) atoms. The first kappa shape index (κ1) is 22.9. The molecule has 0 aromatic heterocycles. The van der Waals surface area contributed by atoms with Crippen molar-refractivity contribution in [1.29, 1.82) is 0 Å². The Morgan fingerprint density at radius 3 is 2.10 bits per heavy atom. The summed E-state index contributed by atoms with van der Waals surface area (Å²) >= 11 is 0. The van der Waals surface area contributed by atoms with Gasteiger partial charge in [0.25, 0.3) is 0 Å². The standard InChI is InChI=1S/C16H28O4.Hg/c1-2-3-4-5-6-7-8-9-10-11-14-20-16(19)13-12-15(17)18;/h11,14H,2-10,12-13H2,1H3,(H,17,18);/b14-11+;. The van der Waals surface area contributed by atoms with Crippen LogP contribution in [0.15, 0.2) is 12.3 Å². The first-order chi connectivity index (χ1) is 9.66. The van der Waals surface area contributed by atoms with E-state index in [1.807, 2.05) is 6.08 Å². The maximum absolute atomic E-state index is 11.1. The number of allylic oxidation sites excluding steroid dienone is 1. The molecule has 0 aliphatic rings. The van der Waals surface area contributed by atoms with Crippen LogP contribution in [0.25, 0.3) is 0 Å². The number of carbonyl (C=O) groups excluding carboxylic acids is 1. The Bertz CT molecular complexity index is 290. The molecule has 0 spiro atoms. The summed E-state index contributed by atoms with van der Waals surface area (Å²) in [4.78, 5) is 21.3. The summed E-state index contributed by atoms with van der Waals surface area (Å²) in [6, 6.07) is 0. The molecule has 0 radical (unpaired) electrons. The maximum atomic E-state index is 11.1. The van der Waals surface area contributed by atoms with Gasteiger partial charge in [0.1, 0.15) is 0 Å². The van der Waals surface area contributed by atoms with Crippen molar-refractivity contribution in [3.05, 3.63) is 12.3 Å². The summed E-state index contributed by atoms with van der Waals surface area (Å²) in [6.07, 6.45) is 14.1. The van der Waals surface area contributed by atoms with Crippen LogP contribution in [0.2, 0.25) is 0 Å². The number of unbranched alkanes of at least 4 members (excludes halogenated alkanes) is 8. The minimum absolute atomic E-state index is 0. The van der Waals surface area contributed by atoms with Crippen LogP contribution in [0.1, 0.15) is 77.6 Å². The van der Waals surface area contributed by atoms with E-state index in [0.29, 0.717) is 0 Å². The van der Waals surface area contributed by atoms with Crippen LogP contribution in [-0.4, -0.2) is 17.0 Å². The Hall–Kier alpha value is -0.385. The Balaban J connectivity index is 0. The third-order valence-electron chi connectivity index (χ3n) is 3.06. The van der Waals surface area contributed by atoms with Gasteiger partial charge in [0, 0.05) is 27.7 Å². The molecule has 0 aromatic rings. The van der Waals surface area contributed by atoms with E-state index in [-0.39, 0.29) is 40.5 Å². The molecule has 0 saturated heterocycles. The molecule has 0 aliphatic heterocycles. The summed E-state index contributed by atoms with van der Waals surface area (Å²) in [5, 5.41) is 8.40. The average Bonchev–Trinajstić information content (AvgIpc) is 2.42. The second-order valence-corrected chi connectivity index (χ2v) is 5.02. The zero-order chi connectivity index (χ0) is 15.1. The average molecular weight is 485 g/mol. The van der Waals surface area contributed by atoms with Gasteiger partial charge >= 0.3 is 11.9 Å². The van der Waals surface area contributed by atoms with Gasteiger partial charge in [-0.25, -0.2) is 0 Å². The number of hydrogen-bond acceptors (Lipinski definition) is 3. The SMILES string of the molecule is CCCCCCCCCC/C=C/OC(=O)CCC(=O)O.[Hg]. The third kappa shape index (κ3) is 19.6. The van der Waals surface area contributed by atoms with Crippen molar-refractivity contribution in [2.45, 2.75) is 77.6 Å². The summed E-state index contributed by atoms with van der Waals surface area (Å²) in [6.45, 7) is 2.22. The first-order valence-corrected chi connectivity index (χ1v) is 7.73. The van der Waals surface area contributed by atoms with E-state index in [1.54, 1.807) is 0 Å². The zero-order valence-corrected chi connectivity index (χ0v) is 18.8. The van der Waals surface area contributed by atoms with E-state index in [4.69, 9.17) is 9.84 Å². The van der Waals surface area contributed by atoms with Crippen LogP contribution in [0.4, 0.5) is 0 Å². The number of hydrogen-bond donors (Lipinski definition) is 1. The normalized spacial score (nSPS) is 10.3. The summed E-state index contributed by atoms with van der Waals surface area (Å²) < 4.78 is 4.78. The number of esters is 1. The minimum atomic E-state index is -0.982. The van der Waals surface area contributed by atoms with Crippen LogP contribution >= 0.6 is 0 Å². The van der Waals surface area contributed by atoms with Crippen LogP contribution in [0.5, 0.6) is 0 Å². The molecule has 0 atom stereocenters. The first-order valence-electron chi connectivity index (χ1n) is 7.73. The molecule has 0 saturated carbocycles. The largest absolute Gasteiger partial charge is 0.481 e. The number of ether oxygens (including phenoxy) is 1. The molecule has 1 N–H and O–H groups in total. The van der Waals surface area contributed by atoms with Gasteiger partial charge in [0.15, 0.2) is 0 Å².